The Kier molecular flexibility index (Phi) is 4.10. The summed E-state index contributed by atoms with van der Waals surface area (Å²) in [5.74, 6) is 0.674. The van der Waals surface area contributed by atoms with E-state index in [1.807, 2.05) is 18.3 Å². The molecule has 1 aliphatic rings. The number of H-pyrrole nitrogens is 1. The molecule has 0 radical (unpaired) electrons. The predicted molar refractivity (Wildman–Crippen MR) is 93.4 cm³/mol. The monoisotopic (exact) mass is 340 g/mol. The molecular weight excluding hydrogens is 320 g/mol. The molecule has 3 heterocycles. The molecule has 25 heavy (non-hydrogen) atoms. The van der Waals surface area contributed by atoms with Gasteiger partial charge in [-0.05, 0) is 47.8 Å². The summed E-state index contributed by atoms with van der Waals surface area (Å²) >= 11 is 0. The second-order valence-corrected chi connectivity index (χ2v) is 6.19. The van der Waals surface area contributed by atoms with E-state index in [1.54, 1.807) is 4.90 Å². The molecule has 1 saturated heterocycles. The molecule has 0 unspecified atom stereocenters. The van der Waals surface area contributed by atoms with Crippen LogP contribution in [0.25, 0.3) is 10.9 Å². The topological polar surface area (TPSA) is 113 Å². The number of aromatic amines is 1. The summed E-state index contributed by atoms with van der Waals surface area (Å²) in [5, 5.41) is 7.64. The molecule has 0 spiro atoms. The van der Waals surface area contributed by atoms with Gasteiger partial charge in [-0.2, -0.15) is 4.98 Å². The smallest absolute Gasteiger partial charge is 0.324 e. The van der Waals surface area contributed by atoms with E-state index >= 15 is 0 Å². The highest BCUT2D eigenvalue weighted by Crippen LogP contribution is 2.22. The average Bonchev–Trinajstić information content (AvgIpc) is 3.13. The van der Waals surface area contributed by atoms with Crippen molar-refractivity contribution in [3.05, 3.63) is 41.4 Å². The molecule has 2 amide bonds. The molecule has 8 nitrogen and oxygen atoms in total. The zero-order chi connectivity index (χ0) is 17.2. The van der Waals surface area contributed by atoms with Crippen molar-refractivity contribution in [1.82, 2.24) is 20.0 Å². The fourth-order valence-electron chi connectivity index (χ4n) is 2.94. The van der Waals surface area contributed by atoms with Crippen LogP contribution in [0.5, 0.6) is 0 Å². The number of nitrogens with two attached hydrogens (primary N) is 1. The van der Waals surface area contributed by atoms with Crippen LogP contribution in [0, 0.1) is 0 Å². The molecule has 2 aromatic heterocycles. The van der Waals surface area contributed by atoms with E-state index in [0.29, 0.717) is 18.9 Å². The van der Waals surface area contributed by atoms with Crippen molar-refractivity contribution in [1.29, 1.82) is 0 Å². The fraction of sp³-hybridized carbons (Fsp3) is 0.353. The number of carbonyl (C=O) groups is 1. The number of fused-ring (bicyclic) bond motifs is 1. The summed E-state index contributed by atoms with van der Waals surface area (Å²) in [7, 11) is 0. The van der Waals surface area contributed by atoms with Gasteiger partial charge >= 0.3 is 6.03 Å². The Morgan fingerprint density at radius 3 is 3.04 bits per heavy atom. The molecule has 1 aromatic carbocycles. The van der Waals surface area contributed by atoms with E-state index in [0.717, 1.165) is 42.4 Å². The van der Waals surface area contributed by atoms with Crippen LogP contribution in [0.3, 0.4) is 0 Å². The van der Waals surface area contributed by atoms with Crippen molar-refractivity contribution in [2.75, 3.05) is 25.0 Å². The number of likely N-dealkylation sites (tertiary alicyclic amines) is 1. The maximum atomic E-state index is 11.9. The lowest BCUT2D eigenvalue weighted by Gasteiger charge is -2.30. The van der Waals surface area contributed by atoms with E-state index in [9.17, 15) is 4.79 Å². The van der Waals surface area contributed by atoms with Gasteiger partial charge in [0.15, 0.2) is 0 Å². The maximum absolute atomic E-state index is 11.9. The number of hydrogen-bond acceptors (Lipinski definition) is 5. The van der Waals surface area contributed by atoms with Gasteiger partial charge in [-0.15, -0.1) is 0 Å². The molecule has 0 bridgehead atoms. The van der Waals surface area contributed by atoms with E-state index in [4.69, 9.17) is 10.3 Å². The Hall–Kier alpha value is -2.87. The van der Waals surface area contributed by atoms with Gasteiger partial charge in [0.05, 0.1) is 6.42 Å². The minimum absolute atomic E-state index is 0.182. The van der Waals surface area contributed by atoms with E-state index in [-0.39, 0.29) is 12.0 Å². The number of nitrogens with zero attached hydrogens (tertiary/aromatic N) is 3. The van der Waals surface area contributed by atoms with Crippen LogP contribution in [0.15, 0.2) is 28.9 Å². The lowest BCUT2D eigenvalue weighted by molar-refractivity contribution is 0.181. The molecule has 8 heteroatoms. The summed E-state index contributed by atoms with van der Waals surface area (Å²) in [6.45, 7) is 2.16. The van der Waals surface area contributed by atoms with Crippen LogP contribution in [0.2, 0.25) is 0 Å². The summed E-state index contributed by atoms with van der Waals surface area (Å²) in [5.41, 5.74) is 9.01. The van der Waals surface area contributed by atoms with Crippen molar-refractivity contribution in [3.63, 3.8) is 0 Å². The highest BCUT2D eigenvalue weighted by atomic mass is 16.5. The van der Waals surface area contributed by atoms with Crippen molar-refractivity contribution < 1.29 is 9.32 Å². The molecule has 0 saturated carbocycles. The molecule has 4 N–H and O–H groups in total. The third kappa shape index (κ3) is 3.20. The van der Waals surface area contributed by atoms with Crippen molar-refractivity contribution in [2.45, 2.75) is 19.3 Å². The van der Waals surface area contributed by atoms with Crippen LogP contribution < -0.4 is 11.1 Å². The zero-order valence-corrected chi connectivity index (χ0v) is 13.8. The Bertz CT molecular complexity index is 896. The lowest BCUT2D eigenvalue weighted by atomic mass is 10.1. The van der Waals surface area contributed by atoms with Crippen LogP contribution in [0.1, 0.15) is 23.4 Å². The van der Waals surface area contributed by atoms with E-state index in [1.165, 1.54) is 5.56 Å². The predicted octanol–water partition coefficient (Wildman–Crippen LogP) is 1.88. The van der Waals surface area contributed by atoms with Gasteiger partial charge in [0, 0.05) is 30.2 Å². The lowest BCUT2D eigenvalue weighted by Crippen LogP contribution is -2.44. The second-order valence-electron chi connectivity index (χ2n) is 6.19. The van der Waals surface area contributed by atoms with Crippen LogP contribution in [-0.4, -0.2) is 45.7 Å². The molecule has 130 valence electrons. The quantitative estimate of drug-likeness (QED) is 0.656. The van der Waals surface area contributed by atoms with E-state index in [2.05, 4.69) is 26.5 Å². The Labute approximate surface area is 144 Å². The first-order chi connectivity index (χ1) is 12.2. The number of aromatic nitrogens is 3. The van der Waals surface area contributed by atoms with Crippen molar-refractivity contribution in [2.24, 2.45) is 5.73 Å². The molecule has 4 rings (SSSR count). The van der Waals surface area contributed by atoms with Gasteiger partial charge in [0.1, 0.15) is 0 Å². The van der Waals surface area contributed by atoms with Gasteiger partial charge in [-0.3, -0.25) is 5.32 Å². The fourth-order valence-corrected chi connectivity index (χ4v) is 2.94. The third-order valence-corrected chi connectivity index (χ3v) is 4.43. The zero-order valence-electron chi connectivity index (χ0n) is 13.8. The highest BCUT2D eigenvalue weighted by Gasteiger charge is 2.21. The van der Waals surface area contributed by atoms with Gasteiger partial charge in [-0.1, -0.05) is 6.07 Å². The summed E-state index contributed by atoms with van der Waals surface area (Å²) in [6, 6.07) is 5.99. The average molecular weight is 340 g/mol. The number of carbonyl (C=O) groups excluding carboxylic acids is 1. The maximum Gasteiger partial charge on any atom is 0.324 e. The first-order valence-corrected chi connectivity index (χ1v) is 8.40. The summed E-state index contributed by atoms with van der Waals surface area (Å²) < 4.78 is 5.25. The summed E-state index contributed by atoms with van der Waals surface area (Å²) in [4.78, 5) is 21.1. The second kappa shape index (κ2) is 6.56. The van der Waals surface area contributed by atoms with Gasteiger partial charge in [-0.25, -0.2) is 4.79 Å². The Morgan fingerprint density at radius 1 is 1.40 bits per heavy atom. The normalized spacial score (nSPS) is 13.9. The highest BCUT2D eigenvalue weighted by molar-refractivity contribution is 5.87. The van der Waals surface area contributed by atoms with Crippen LogP contribution >= 0.6 is 0 Å². The van der Waals surface area contributed by atoms with Crippen molar-refractivity contribution in [3.8, 4) is 0 Å². The SMILES string of the molecule is NCCc1c[nH]c2ccc(Cc3nc(NC(=O)N4CCC4)no3)cc12. The summed E-state index contributed by atoms with van der Waals surface area (Å²) in [6.07, 6.45) is 4.38. The van der Waals surface area contributed by atoms with Crippen LogP contribution in [0.4, 0.5) is 10.7 Å². The van der Waals surface area contributed by atoms with Gasteiger partial charge < -0.3 is 20.1 Å². The number of nitrogens with one attached hydrogen (secondary N) is 2. The number of amides is 2. The number of benzene rings is 1. The molecule has 0 aliphatic carbocycles. The van der Waals surface area contributed by atoms with Crippen LogP contribution in [-0.2, 0) is 12.8 Å². The largest absolute Gasteiger partial charge is 0.361 e. The number of anilines is 1. The van der Waals surface area contributed by atoms with Gasteiger partial charge in [0.2, 0.25) is 5.89 Å². The molecular formula is C17H20N6O2. The van der Waals surface area contributed by atoms with E-state index < -0.39 is 0 Å². The minimum atomic E-state index is -0.182. The first-order valence-electron chi connectivity index (χ1n) is 8.40. The standard InChI is InChI=1S/C17H20N6O2/c18-5-4-12-10-19-14-3-2-11(8-13(12)14)9-15-20-16(22-25-15)21-17(24)23-6-1-7-23/h2-3,8,10,19H,1,4-7,9,18H2,(H,21,22,24). The molecule has 0 atom stereocenters. The van der Waals surface area contributed by atoms with Crippen molar-refractivity contribution >= 4 is 22.9 Å². The van der Waals surface area contributed by atoms with Gasteiger partial charge in [0.25, 0.3) is 5.95 Å². The first kappa shape index (κ1) is 15.6. The Morgan fingerprint density at radius 2 is 2.28 bits per heavy atom. The Balaban J connectivity index is 1.47. The minimum Gasteiger partial charge on any atom is -0.361 e. The number of hydrogen-bond donors (Lipinski definition) is 3. The molecule has 1 aliphatic heterocycles. The third-order valence-electron chi connectivity index (χ3n) is 4.43. The number of rotatable bonds is 5. The molecule has 3 aromatic rings. The number of urea groups is 1. The molecule has 1 fully saturated rings.